The number of fused-ring (bicyclic) bond motifs is 1. The monoisotopic (exact) mass is 448 g/mol. The highest BCUT2D eigenvalue weighted by Gasteiger charge is 2.23. The molecule has 0 N–H and O–H groups in total. The molecule has 166 valence electrons. The van der Waals surface area contributed by atoms with E-state index in [4.69, 9.17) is 0 Å². The van der Waals surface area contributed by atoms with Crippen molar-refractivity contribution in [1.29, 1.82) is 0 Å². The van der Waals surface area contributed by atoms with Crippen LogP contribution >= 0.6 is 0 Å². The zero-order valence-electron chi connectivity index (χ0n) is 19.5. The quantitative estimate of drug-likeness (QED) is 0.234. The third-order valence-electron chi connectivity index (χ3n) is 6.57. The first-order chi connectivity index (χ1) is 17.3. The Hall–Kier alpha value is -4.49. The molecule has 6 aromatic rings. The summed E-state index contributed by atoms with van der Waals surface area (Å²) in [7, 11) is 0. The zero-order chi connectivity index (χ0) is 23.5. The number of pyridine rings is 1. The summed E-state index contributed by atoms with van der Waals surface area (Å²) < 4.78 is 2.46. The lowest BCUT2D eigenvalue weighted by Gasteiger charge is -2.13. The fourth-order valence-corrected chi connectivity index (χ4v) is 4.79. The summed E-state index contributed by atoms with van der Waals surface area (Å²) in [5.41, 5.74) is 8.57. The van der Waals surface area contributed by atoms with Gasteiger partial charge in [-0.05, 0) is 46.2 Å². The molecule has 5 aromatic carbocycles. The van der Waals surface area contributed by atoms with Crippen LogP contribution in [0.15, 0.2) is 146 Å². The molecule has 0 saturated carbocycles. The Balaban J connectivity index is 1.65. The molecular weight excluding hydrogens is 422 g/mol. The number of benzene rings is 5. The Bertz CT molecular complexity index is 1590. The Morgan fingerprint density at radius 2 is 0.914 bits per heavy atom. The molecule has 0 fully saturated rings. The first-order valence-electron chi connectivity index (χ1n) is 12.1. The van der Waals surface area contributed by atoms with E-state index in [-0.39, 0.29) is 0 Å². The van der Waals surface area contributed by atoms with Crippen LogP contribution in [0.25, 0.3) is 44.4 Å². The van der Waals surface area contributed by atoms with Gasteiger partial charge in [-0.15, -0.1) is 0 Å². The molecule has 1 nitrogen and oxygen atoms in total. The van der Waals surface area contributed by atoms with E-state index in [1.54, 1.807) is 0 Å². The summed E-state index contributed by atoms with van der Waals surface area (Å²) in [5, 5.41) is 2.51. The standard InChI is InChI=1S/C34H26N/c1-4-12-26(13-5-1)25-35-33(29-17-8-3-9-18-29)23-32(27-14-6-2-7-15-27)24-34(35)31-21-20-28-16-10-11-19-30(28)22-31/h1-24H,25H2/q+1. The van der Waals surface area contributed by atoms with Gasteiger partial charge in [0.25, 0.3) is 0 Å². The van der Waals surface area contributed by atoms with Gasteiger partial charge in [-0.1, -0.05) is 109 Å². The molecule has 1 heterocycles. The van der Waals surface area contributed by atoms with Gasteiger partial charge in [0.1, 0.15) is 0 Å². The van der Waals surface area contributed by atoms with E-state index in [1.165, 1.54) is 50.0 Å². The molecule has 1 aromatic heterocycles. The van der Waals surface area contributed by atoms with Crippen LogP contribution in [0.4, 0.5) is 0 Å². The number of rotatable bonds is 5. The summed E-state index contributed by atoms with van der Waals surface area (Å²) in [6, 6.07) is 52.2. The van der Waals surface area contributed by atoms with Crippen LogP contribution < -0.4 is 4.57 Å². The van der Waals surface area contributed by atoms with Crippen LogP contribution in [-0.4, -0.2) is 0 Å². The SMILES string of the molecule is c1ccc(C[n+]2c(-c3ccccc3)cc(-c3ccccc3)cc2-c2ccc3ccccc3c2)cc1. The number of hydrogen-bond donors (Lipinski definition) is 0. The van der Waals surface area contributed by atoms with Crippen molar-refractivity contribution in [2.45, 2.75) is 6.54 Å². The Kier molecular flexibility index (Phi) is 5.66. The molecule has 0 amide bonds. The van der Waals surface area contributed by atoms with Crippen LogP contribution in [0, 0.1) is 0 Å². The molecule has 6 rings (SSSR count). The van der Waals surface area contributed by atoms with Gasteiger partial charge < -0.3 is 0 Å². The highest BCUT2D eigenvalue weighted by Crippen LogP contribution is 2.31. The van der Waals surface area contributed by atoms with Crippen molar-refractivity contribution in [3.63, 3.8) is 0 Å². The summed E-state index contributed by atoms with van der Waals surface area (Å²) in [4.78, 5) is 0. The van der Waals surface area contributed by atoms with Crippen LogP contribution in [0.2, 0.25) is 0 Å². The average Bonchev–Trinajstić information content (AvgIpc) is 2.94. The van der Waals surface area contributed by atoms with Gasteiger partial charge in [-0.2, -0.15) is 4.57 Å². The highest BCUT2D eigenvalue weighted by atomic mass is 15.0. The molecule has 0 atom stereocenters. The Morgan fingerprint density at radius 3 is 1.60 bits per heavy atom. The van der Waals surface area contributed by atoms with Crippen LogP contribution in [-0.2, 0) is 6.54 Å². The predicted molar refractivity (Wildman–Crippen MR) is 146 cm³/mol. The van der Waals surface area contributed by atoms with E-state index in [9.17, 15) is 0 Å². The molecular formula is C34H26N+. The minimum absolute atomic E-state index is 0.794. The maximum atomic E-state index is 2.46. The highest BCUT2D eigenvalue weighted by molar-refractivity contribution is 5.87. The molecule has 0 aliphatic rings. The maximum absolute atomic E-state index is 2.46. The molecule has 0 radical (unpaired) electrons. The first kappa shape index (κ1) is 21.1. The zero-order valence-corrected chi connectivity index (χ0v) is 19.5. The third-order valence-corrected chi connectivity index (χ3v) is 6.57. The fraction of sp³-hybridized carbons (Fsp3) is 0.0294. The topological polar surface area (TPSA) is 3.88 Å². The average molecular weight is 449 g/mol. The predicted octanol–water partition coefficient (Wildman–Crippen LogP) is 8.18. The lowest BCUT2D eigenvalue weighted by atomic mass is 9.97. The molecule has 0 saturated heterocycles. The van der Waals surface area contributed by atoms with E-state index in [1.807, 2.05) is 0 Å². The van der Waals surface area contributed by atoms with Crippen molar-refractivity contribution in [2.24, 2.45) is 0 Å². The van der Waals surface area contributed by atoms with Crippen molar-refractivity contribution in [2.75, 3.05) is 0 Å². The van der Waals surface area contributed by atoms with Gasteiger partial charge in [-0.25, -0.2) is 0 Å². The van der Waals surface area contributed by atoms with Gasteiger partial charge in [0.05, 0.1) is 0 Å². The van der Waals surface area contributed by atoms with Crippen molar-refractivity contribution in [3.05, 3.63) is 151 Å². The number of hydrogen-bond acceptors (Lipinski definition) is 0. The third kappa shape index (κ3) is 4.37. The summed E-state index contributed by atoms with van der Waals surface area (Å²) in [6.45, 7) is 0.794. The molecule has 0 aliphatic carbocycles. The normalized spacial score (nSPS) is 11.0. The van der Waals surface area contributed by atoms with E-state index in [0.717, 1.165) is 6.54 Å². The van der Waals surface area contributed by atoms with Gasteiger partial charge in [0.15, 0.2) is 6.54 Å². The van der Waals surface area contributed by atoms with Gasteiger partial charge >= 0.3 is 0 Å². The van der Waals surface area contributed by atoms with E-state index >= 15 is 0 Å². The fourth-order valence-electron chi connectivity index (χ4n) is 4.79. The maximum Gasteiger partial charge on any atom is 0.213 e. The van der Waals surface area contributed by atoms with Gasteiger partial charge in [-0.3, -0.25) is 0 Å². The summed E-state index contributed by atoms with van der Waals surface area (Å²) in [6.07, 6.45) is 0. The Labute approximate surface area is 206 Å². The summed E-state index contributed by atoms with van der Waals surface area (Å²) in [5.74, 6) is 0. The van der Waals surface area contributed by atoms with Gasteiger partial charge in [0.2, 0.25) is 11.4 Å². The largest absolute Gasteiger partial charge is 0.213 e. The van der Waals surface area contributed by atoms with Crippen molar-refractivity contribution in [1.82, 2.24) is 0 Å². The van der Waals surface area contributed by atoms with Crippen LogP contribution in [0.5, 0.6) is 0 Å². The van der Waals surface area contributed by atoms with Crippen LogP contribution in [0.1, 0.15) is 5.56 Å². The van der Waals surface area contributed by atoms with Crippen LogP contribution in [0.3, 0.4) is 0 Å². The minimum atomic E-state index is 0.794. The number of aromatic nitrogens is 1. The molecule has 0 aliphatic heterocycles. The van der Waals surface area contributed by atoms with E-state index < -0.39 is 0 Å². The molecule has 1 heteroatoms. The molecule has 0 spiro atoms. The Morgan fingerprint density at radius 1 is 0.371 bits per heavy atom. The van der Waals surface area contributed by atoms with Gasteiger partial charge in [0, 0.05) is 28.8 Å². The van der Waals surface area contributed by atoms with Crippen molar-refractivity contribution < 1.29 is 4.57 Å². The minimum Gasteiger partial charge on any atom is -0.187 e. The van der Waals surface area contributed by atoms with E-state index in [2.05, 4.69) is 150 Å². The lowest BCUT2D eigenvalue weighted by Crippen LogP contribution is -2.39. The van der Waals surface area contributed by atoms with Crippen molar-refractivity contribution >= 4 is 10.8 Å². The first-order valence-corrected chi connectivity index (χ1v) is 12.1. The van der Waals surface area contributed by atoms with Crippen molar-refractivity contribution in [3.8, 4) is 33.6 Å². The second-order valence-corrected chi connectivity index (χ2v) is 8.88. The molecule has 35 heavy (non-hydrogen) atoms. The second kappa shape index (κ2) is 9.40. The van der Waals surface area contributed by atoms with E-state index in [0.29, 0.717) is 0 Å². The lowest BCUT2D eigenvalue weighted by molar-refractivity contribution is -0.666. The second-order valence-electron chi connectivity index (χ2n) is 8.88. The smallest absolute Gasteiger partial charge is 0.187 e. The summed E-state index contributed by atoms with van der Waals surface area (Å²) >= 11 is 0. The number of nitrogens with zero attached hydrogens (tertiary/aromatic N) is 1. The molecule has 0 bridgehead atoms. The molecule has 0 unspecified atom stereocenters.